The number of amides is 1. The van der Waals surface area contributed by atoms with E-state index in [1.807, 2.05) is 25.1 Å². The van der Waals surface area contributed by atoms with Gasteiger partial charge in [0.05, 0.1) is 11.3 Å². The van der Waals surface area contributed by atoms with E-state index in [0.717, 1.165) is 12.8 Å². The Bertz CT molecular complexity index is 995. The first kappa shape index (κ1) is 19.1. The molecule has 2 N–H and O–H groups in total. The summed E-state index contributed by atoms with van der Waals surface area (Å²) in [4.78, 5) is 21.2. The van der Waals surface area contributed by atoms with Crippen LogP contribution in [0.15, 0.2) is 60.7 Å². The minimum absolute atomic E-state index is 0.255. The summed E-state index contributed by atoms with van der Waals surface area (Å²) in [6, 6.07) is 20.8. The van der Waals surface area contributed by atoms with Gasteiger partial charge < -0.3 is 10.6 Å². The van der Waals surface area contributed by atoms with E-state index >= 15 is 0 Å². The van der Waals surface area contributed by atoms with Crippen LogP contribution in [0.2, 0.25) is 0 Å². The molecule has 0 aliphatic carbocycles. The van der Waals surface area contributed by atoms with Crippen LogP contribution in [0.4, 0.5) is 11.6 Å². The van der Waals surface area contributed by atoms with Gasteiger partial charge in [0.2, 0.25) is 5.95 Å². The highest BCUT2D eigenvalue weighted by Gasteiger charge is 2.12. The van der Waals surface area contributed by atoms with Crippen LogP contribution in [0.3, 0.4) is 0 Å². The zero-order chi connectivity index (χ0) is 19.8. The minimum atomic E-state index is -0.375. The lowest BCUT2D eigenvalue weighted by molar-refractivity contribution is 0.102. The van der Waals surface area contributed by atoms with E-state index in [9.17, 15) is 4.79 Å². The highest BCUT2D eigenvalue weighted by atomic mass is 16.1. The van der Waals surface area contributed by atoms with Gasteiger partial charge in [-0.15, -0.1) is 0 Å². The van der Waals surface area contributed by atoms with Crippen LogP contribution in [0.25, 0.3) is 0 Å². The van der Waals surface area contributed by atoms with E-state index in [0.29, 0.717) is 29.4 Å². The van der Waals surface area contributed by atoms with Crippen LogP contribution in [0.1, 0.15) is 33.7 Å². The van der Waals surface area contributed by atoms with Crippen molar-refractivity contribution in [2.45, 2.75) is 19.8 Å². The number of hydrogen-bond donors (Lipinski definition) is 2. The van der Waals surface area contributed by atoms with Crippen molar-refractivity contribution in [2.24, 2.45) is 0 Å². The number of aromatic nitrogens is 2. The summed E-state index contributed by atoms with van der Waals surface area (Å²) in [5.74, 6) is 0.0484. The number of carbonyl (C=O) groups excluding carboxylic acids is 1. The van der Waals surface area contributed by atoms with Crippen molar-refractivity contribution in [3.05, 3.63) is 83.2 Å². The Morgan fingerprint density at radius 3 is 2.61 bits per heavy atom. The largest absolute Gasteiger partial charge is 0.354 e. The van der Waals surface area contributed by atoms with E-state index in [4.69, 9.17) is 5.26 Å². The lowest BCUT2D eigenvalue weighted by Crippen LogP contribution is -2.17. The number of aryl methyl sites for hydroxylation is 2. The third-order valence-electron chi connectivity index (χ3n) is 4.15. The third kappa shape index (κ3) is 5.15. The van der Waals surface area contributed by atoms with Gasteiger partial charge in [-0.2, -0.15) is 5.26 Å². The summed E-state index contributed by atoms with van der Waals surface area (Å²) >= 11 is 0. The van der Waals surface area contributed by atoms with Gasteiger partial charge in [-0.25, -0.2) is 9.97 Å². The molecule has 0 saturated heterocycles. The van der Waals surface area contributed by atoms with E-state index in [1.54, 1.807) is 30.3 Å². The Hall–Kier alpha value is -3.72. The summed E-state index contributed by atoms with van der Waals surface area (Å²) in [5.41, 5.74) is 3.10. The SMILES string of the molecule is Cc1cc(C(=O)Nc2ccccc2C#N)nc(NCCCc2ccccc2)n1. The van der Waals surface area contributed by atoms with Crippen molar-refractivity contribution in [2.75, 3.05) is 17.2 Å². The summed E-state index contributed by atoms with van der Waals surface area (Å²) in [5, 5.41) is 15.1. The molecule has 2 aromatic carbocycles. The molecule has 0 radical (unpaired) electrons. The fraction of sp³-hybridized carbons (Fsp3) is 0.182. The molecule has 0 spiro atoms. The van der Waals surface area contributed by atoms with Crippen molar-refractivity contribution >= 4 is 17.5 Å². The van der Waals surface area contributed by atoms with Gasteiger partial charge in [-0.05, 0) is 43.5 Å². The molecule has 0 saturated carbocycles. The smallest absolute Gasteiger partial charge is 0.274 e. The van der Waals surface area contributed by atoms with Gasteiger partial charge in [0.25, 0.3) is 5.91 Å². The predicted molar refractivity (Wildman–Crippen MR) is 109 cm³/mol. The number of rotatable bonds is 7. The fourth-order valence-corrected chi connectivity index (χ4v) is 2.78. The first-order chi connectivity index (χ1) is 13.7. The number of nitrogens with zero attached hydrogens (tertiary/aromatic N) is 3. The molecule has 1 heterocycles. The molecule has 1 aromatic heterocycles. The van der Waals surface area contributed by atoms with E-state index in [1.165, 1.54) is 5.56 Å². The standard InChI is InChI=1S/C22H21N5O/c1-16-14-20(21(28)26-19-12-6-5-11-18(19)15-23)27-22(25-16)24-13-7-10-17-8-3-2-4-9-17/h2-6,8-9,11-12,14H,7,10,13H2,1H3,(H,26,28)(H,24,25,27). The second kappa shape index (κ2) is 9.28. The van der Waals surface area contributed by atoms with E-state index in [-0.39, 0.29) is 11.6 Å². The van der Waals surface area contributed by atoms with Crippen LogP contribution in [0, 0.1) is 18.3 Å². The van der Waals surface area contributed by atoms with Crippen molar-refractivity contribution in [1.29, 1.82) is 5.26 Å². The van der Waals surface area contributed by atoms with Crippen molar-refractivity contribution in [3.63, 3.8) is 0 Å². The van der Waals surface area contributed by atoms with Crippen molar-refractivity contribution in [1.82, 2.24) is 9.97 Å². The Labute approximate surface area is 164 Å². The van der Waals surface area contributed by atoms with E-state index in [2.05, 4.69) is 38.8 Å². The average molecular weight is 371 g/mol. The Kier molecular flexibility index (Phi) is 6.32. The molecule has 0 bridgehead atoms. The summed E-state index contributed by atoms with van der Waals surface area (Å²) in [7, 11) is 0. The number of anilines is 2. The zero-order valence-corrected chi connectivity index (χ0v) is 15.6. The van der Waals surface area contributed by atoms with E-state index < -0.39 is 0 Å². The van der Waals surface area contributed by atoms with Crippen LogP contribution >= 0.6 is 0 Å². The zero-order valence-electron chi connectivity index (χ0n) is 15.6. The molecule has 0 aliphatic heterocycles. The van der Waals surface area contributed by atoms with Crippen LogP contribution in [-0.4, -0.2) is 22.4 Å². The van der Waals surface area contributed by atoms with Crippen molar-refractivity contribution in [3.8, 4) is 6.07 Å². The number of nitrogens with one attached hydrogen (secondary N) is 2. The summed E-state index contributed by atoms with van der Waals surface area (Å²) in [6.07, 6.45) is 1.89. The molecule has 0 atom stereocenters. The second-order valence-corrected chi connectivity index (χ2v) is 6.35. The maximum Gasteiger partial charge on any atom is 0.274 e. The van der Waals surface area contributed by atoms with Crippen LogP contribution in [0.5, 0.6) is 0 Å². The van der Waals surface area contributed by atoms with Gasteiger partial charge in [-0.1, -0.05) is 42.5 Å². The Balaban J connectivity index is 1.62. The maximum absolute atomic E-state index is 12.6. The molecule has 140 valence electrons. The van der Waals surface area contributed by atoms with Crippen LogP contribution in [-0.2, 0) is 6.42 Å². The van der Waals surface area contributed by atoms with Gasteiger partial charge in [-0.3, -0.25) is 4.79 Å². The van der Waals surface area contributed by atoms with Gasteiger partial charge >= 0.3 is 0 Å². The molecule has 1 amide bonds. The predicted octanol–water partition coefficient (Wildman–Crippen LogP) is 3.95. The van der Waals surface area contributed by atoms with Gasteiger partial charge in [0.1, 0.15) is 11.8 Å². The Morgan fingerprint density at radius 2 is 1.82 bits per heavy atom. The number of hydrogen-bond acceptors (Lipinski definition) is 5. The molecular weight excluding hydrogens is 350 g/mol. The minimum Gasteiger partial charge on any atom is -0.354 e. The topological polar surface area (TPSA) is 90.7 Å². The maximum atomic E-state index is 12.6. The van der Waals surface area contributed by atoms with Gasteiger partial charge in [0, 0.05) is 12.2 Å². The normalized spacial score (nSPS) is 10.1. The monoisotopic (exact) mass is 371 g/mol. The molecule has 6 heteroatoms. The lowest BCUT2D eigenvalue weighted by atomic mass is 10.1. The highest BCUT2D eigenvalue weighted by Crippen LogP contribution is 2.15. The average Bonchev–Trinajstić information content (AvgIpc) is 2.72. The summed E-state index contributed by atoms with van der Waals surface area (Å²) < 4.78 is 0. The quantitative estimate of drug-likeness (QED) is 0.614. The molecule has 6 nitrogen and oxygen atoms in total. The van der Waals surface area contributed by atoms with Crippen LogP contribution < -0.4 is 10.6 Å². The lowest BCUT2D eigenvalue weighted by Gasteiger charge is -2.09. The highest BCUT2D eigenvalue weighted by molar-refractivity contribution is 6.03. The van der Waals surface area contributed by atoms with Crippen molar-refractivity contribution < 1.29 is 4.79 Å². The molecule has 0 unspecified atom stereocenters. The Morgan fingerprint density at radius 1 is 1.07 bits per heavy atom. The molecule has 0 aliphatic rings. The first-order valence-corrected chi connectivity index (χ1v) is 9.09. The number of para-hydroxylation sites is 1. The second-order valence-electron chi connectivity index (χ2n) is 6.35. The molecule has 28 heavy (non-hydrogen) atoms. The molecular formula is C22H21N5O. The molecule has 3 rings (SSSR count). The fourth-order valence-electron chi connectivity index (χ4n) is 2.78. The third-order valence-corrected chi connectivity index (χ3v) is 4.15. The first-order valence-electron chi connectivity index (χ1n) is 9.09. The number of carbonyl (C=O) groups is 1. The molecule has 0 fully saturated rings. The summed E-state index contributed by atoms with van der Waals surface area (Å²) in [6.45, 7) is 2.52. The van der Waals surface area contributed by atoms with Gasteiger partial charge in [0.15, 0.2) is 0 Å². The number of benzene rings is 2. The number of nitriles is 1. The molecule has 3 aromatic rings.